The molecule has 0 fully saturated rings. The molecule has 2 heterocycles. The van der Waals surface area contributed by atoms with Crippen LogP contribution in [0, 0.1) is 5.82 Å². The van der Waals surface area contributed by atoms with Crippen molar-refractivity contribution in [2.24, 2.45) is 0 Å². The first-order valence-electron chi connectivity index (χ1n) is 9.19. The van der Waals surface area contributed by atoms with Gasteiger partial charge >= 0.3 is 0 Å². The number of hydrogen-bond donors (Lipinski definition) is 0. The first-order valence-corrected chi connectivity index (χ1v) is 9.94. The molecule has 2 aromatic carbocycles. The topological polar surface area (TPSA) is 57.1 Å². The molecule has 0 aliphatic carbocycles. The second kappa shape index (κ2) is 8.88. The van der Waals surface area contributed by atoms with E-state index in [1.165, 1.54) is 6.07 Å². The quantitative estimate of drug-likeness (QED) is 0.328. The second-order valence-electron chi connectivity index (χ2n) is 6.51. The third kappa shape index (κ3) is 4.04. The van der Waals surface area contributed by atoms with Gasteiger partial charge in [-0.2, -0.15) is 0 Å². The highest BCUT2D eigenvalue weighted by molar-refractivity contribution is 6.36. The van der Waals surface area contributed by atoms with Gasteiger partial charge in [0.25, 0.3) is 0 Å². The molecule has 0 amide bonds. The van der Waals surface area contributed by atoms with Gasteiger partial charge in [0.15, 0.2) is 5.15 Å². The summed E-state index contributed by atoms with van der Waals surface area (Å²) in [5.41, 5.74) is 2.75. The first kappa shape index (κ1) is 21.0. The van der Waals surface area contributed by atoms with Crippen LogP contribution in [0.2, 0.25) is 10.3 Å². The van der Waals surface area contributed by atoms with Crippen LogP contribution in [0.5, 0.6) is 11.5 Å². The Bertz CT molecular complexity index is 1250. The molecule has 2 aromatic heterocycles. The molecule has 0 saturated carbocycles. The number of rotatable bonds is 5. The second-order valence-corrected chi connectivity index (χ2v) is 7.23. The number of hydrogen-bond acceptors (Lipinski definition) is 5. The summed E-state index contributed by atoms with van der Waals surface area (Å²) in [4.78, 5) is 4.15. The van der Waals surface area contributed by atoms with E-state index in [0.717, 1.165) is 0 Å². The van der Waals surface area contributed by atoms with Gasteiger partial charge in [-0.1, -0.05) is 35.3 Å². The molecular formula is C23H16Cl2FN3O2. The Balaban J connectivity index is 2.14. The largest absolute Gasteiger partial charge is 0.497 e. The predicted molar refractivity (Wildman–Crippen MR) is 119 cm³/mol. The van der Waals surface area contributed by atoms with Crippen LogP contribution >= 0.6 is 23.2 Å². The molecule has 156 valence electrons. The third-order valence-corrected chi connectivity index (χ3v) is 5.29. The monoisotopic (exact) mass is 455 g/mol. The van der Waals surface area contributed by atoms with Crippen LogP contribution in [0.3, 0.4) is 0 Å². The molecule has 0 N–H and O–H groups in total. The molecule has 4 rings (SSSR count). The molecule has 0 unspecified atom stereocenters. The average molecular weight is 456 g/mol. The highest BCUT2D eigenvalue weighted by Crippen LogP contribution is 2.45. The van der Waals surface area contributed by atoms with Gasteiger partial charge in [-0.15, -0.1) is 10.2 Å². The van der Waals surface area contributed by atoms with Gasteiger partial charge in [-0.3, -0.25) is 0 Å². The zero-order valence-electron chi connectivity index (χ0n) is 16.6. The van der Waals surface area contributed by atoms with Crippen LogP contribution in [0.4, 0.5) is 4.39 Å². The summed E-state index contributed by atoms with van der Waals surface area (Å²) in [5.74, 6) is 0.647. The van der Waals surface area contributed by atoms with Crippen LogP contribution in [-0.2, 0) is 0 Å². The molecule has 0 bridgehead atoms. The number of pyridine rings is 1. The van der Waals surface area contributed by atoms with Crippen molar-refractivity contribution in [3.05, 3.63) is 76.9 Å². The lowest BCUT2D eigenvalue weighted by molar-refractivity contribution is 0.394. The van der Waals surface area contributed by atoms with E-state index in [2.05, 4.69) is 15.2 Å². The van der Waals surface area contributed by atoms with E-state index < -0.39 is 5.82 Å². The lowest BCUT2D eigenvalue weighted by atomic mass is 9.92. The maximum absolute atomic E-state index is 14.8. The number of benzene rings is 2. The number of methoxy groups -OCH3 is 2. The fraction of sp³-hybridized carbons (Fsp3) is 0.0870. The molecule has 0 atom stereocenters. The minimum Gasteiger partial charge on any atom is -0.497 e. The normalized spacial score (nSPS) is 10.7. The van der Waals surface area contributed by atoms with Gasteiger partial charge in [0, 0.05) is 34.5 Å². The standard InChI is InChI=1S/C23H16Cl2FN3O2/c1-30-14-10-13(11-15(12-14)31-2)19-20(17-7-5-9-27-22(17)24)23(25)29-28-21(19)16-6-3-4-8-18(16)26/h3-12H,1-2H3. The number of ether oxygens (including phenoxy) is 2. The van der Waals surface area contributed by atoms with Crippen molar-refractivity contribution in [1.29, 1.82) is 0 Å². The number of aromatic nitrogens is 3. The predicted octanol–water partition coefficient (Wildman–Crippen LogP) is 6.34. The molecule has 5 nitrogen and oxygen atoms in total. The SMILES string of the molecule is COc1cc(OC)cc(-c2c(-c3ccccc3F)nnc(Cl)c2-c2cccnc2Cl)c1. The summed E-state index contributed by atoms with van der Waals surface area (Å²) >= 11 is 12.9. The highest BCUT2D eigenvalue weighted by atomic mass is 35.5. The minimum atomic E-state index is -0.446. The summed E-state index contributed by atoms with van der Waals surface area (Å²) in [5, 5.41) is 8.66. The van der Waals surface area contributed by atoms with E-state index in [0.29, 0.717) is 39.4 Å². The Morgan fingerprint density at radius 2 is 1.45 bits per heavy atom. The lowest BCUT2D eigenvalue weighted by Gasteiger charge is -2.17. The average Bonchev–Trinajstić information content (AvgIpc) is 2.79. The summed E-state index contributed by atoms with van der Waals surface area (Å²) in [7, 11) is 3.10. The fourth-order valence-corrected chi connectivity index (χ4v) is 3.76. The molecular weight excluding hydrogens is 440 g/mol. The van der Waals surface area contributed by atoms with Crippen LogP contribution in [0.1, 0.15) is 0 Å². The van der Waals surface area contributed by atoms with E-state index in [4.69, 9.17) is 32.7 Å². The van der Waals surface area contributed by atoms with Gasteiger partial charge in [-0.25, -0.2) is 9.37 Å². The summed E-state index contributed by atoms with van der Waals surface area (Å²) in [6.07, 6.45) is 1.57. The van der Waals surface area contributed by atoms with Crippen molar-refractivity contribution in [2.75, 3.05) is 14.2 Å². The van der Waals surface area contributed by atoms with Gasteiger partial charge < -0.3 is 9.47 Å². The lowest BCUT2D eigenvalue weighted by Crippen LogP contribution is -2.01. The molecule has 31 heavy (non-hydrogen) atoms. The molecule has 8 heteroatoms. The maximum atomic E-state index is 14.8. The zero-order valence-corrected chi connectivity index (χ0v) is 18.1. The molecule has 4 aromatic rings. The fourth-order valence-electron chi connectivity index (χ4n) is 3.31. The molecule has 0 aliphatic heterocycles. The van der Waals surface area contributed by atoms with Crippen molar-refractivity contribution in [1.82, 2.24) is 15.2 Å². The van der Waals surface area contributed by atoms with E-state index in [9.17, 15) is 4.39 Å². The molecule has 0 saturated heterocycles. The van der Waals surface area contributed by atoms with Crippen molar-refractivity contribution in [3.63, 3.8) is 0 Å². The van der Waals surface area contributed by atoms with Crippen molar-refractivity contribution < 1.29 is 13.9 Å². The van der Waals surface area contributed by atoms with Gasteiger partial charge in [0.05, 0.1) is 14.2 Å². The van der Waals surface area contributed by atoms with Gasteiger partial charge in [0.2, 0.25) is 0 Å². The summed E-state index contributed by atoms with van der Waals surface area (Å²) in [6, 6.07) is 15.1. The Kier molecular flexibility index (Phi) is 6.02. The first-order chi connectivity index (χ1) is 15.0. The van der Waals surface area contributed by atoms with Crippen LogP contribution in [0.25, 0.3) is 33.5 Å². The van der Waals surface area contributed by atoms with Crippen molar-refractivity contribution in [3.8, 4) is 45.0 Å². The number of halogens is 3. The van der Waals surface area contributed by atoms with E-state index in [1.807, 2.05) is 0 Å². The van der Waals surface area contributed by atoms with Gasteiger partial charge in [0.1, 0.15) is 28.2 Å². The Morgan fingerprint density at radius 3 is 2.10 bits per heavy atom. The Morgan fingerprint density at radius 1 is 0.774 bits per heavy atom. The third-order valence-electron chi connectivity index (χ3n) is 4.73. The minimum absolute atomic E-state index is 0.103. The maximum Gasteiger partial charge on any atom is 0.160 e. The van der Waals surface area contributed by atoms with Gasteiger partial charge in [-0.05, 0) is 42.0 Å². The molecule has 0 spiro atoms. The van der Waals surface area contributed by atoms with Crippen molar-refractivity contribution in [2.45, 2.75) is 0 Å². The Hall–Kier alpha value is -3.22. The smallest absolute Gasteiger partial charge is 0.160 e. The Labute approximate surface area is 188 Å². The molecule has 0 aliphatic rings. The summed E-state index contributed by atoms with van der Waals surface area (Å²) in [6.45, 7) is 0. The molecule has 0 radical (unpaired) electrons. The number of nitrogens with zero attached hydrogens (tertiary/aromatic N) is 3. The van der Waals surface area contributed by atoms with Crippen LogP contribution < -0.4 is 9.47 Å². The van der Waals surface area contributed by atoms with Crippen molar-refractivity contribution >= 4 is 23.2 Å². The van der Waals surface area contributed by atoms with E-state index >= 15 is 0 Å². The van der Waals surface area contributed by atoms with Crippen LogP contribution in [0.15, 0.2) is 60.8 Å². The van der Waals surface area contributed by atoms with Crippen LogP contribution in [-0.4, -0.2) is 29.4 Å². The summed E-state index contributed by atoms with van der Waals surface area (Å²) < 4.78 is 25.6. The zero-order chi connectivity index (χ0) is 22.0. The van der Waals surface area contributed by atoms with E-state index in [1.54, 1.807) is 68.9 Å². The highest BCUT2D eigenvalue weighted by Gasteiger charge is 2.24. The van der Waals surface area contributed by atoms with E-state index in [-0.39, 0.29) is 15.9 Å².